The largest absolute Gasteiger partial charge is 0.309 e. The zero-order valence-electron chi connectivity index (χ0n) is 10.7. The van der Waals surface area contributed by atoms with E-state index in [1.54, 1.807) is 0 Å². The summed E-state index contributed by atoms with van der Waals surface area (Å²) < 4.78 is 50.7. The molecule has 7 heteroatoms. The van der Waals surface area contributed by atoms with Gasteiger partial charge in [0.1, 0.15) is 21.5 Å². The normalized spacial score (nSPS) is 13.5. The first-order valence-electron chi connectivity index (χ1n) is 5.80. The SMILES string of the molecule is CCCNC(CS(C)(=O)=O)c1c(F)ccc(Br)c1F. The molecule has 0 heterocycles. The Labute approximate surface area is 120 Å². The van der Waals surface area contributed by atoms with Crippen LogP contribution in [0.3, 0.4) is 0 Å². The second kappa shape index (κ2) is 6.76. The van der Waals surface area contributed by atoms with Crippen LogP contribution in [0.1, 0.15) is 24.9 Å². The number of nitrogens with one attached hydrogen (secondary N) is 1. The topological polar surface area (TPSA) is 46.2 Å². The minimum atomic E-state index is -3.36. The standard InChI is InChI=1S/C12H16BrF2NO2S/c1-3-6-16-10(7-19(2,17)18)11-9(14)5-4-8(13)12(11)15/h4-5,10,16H,3,6-7H2,1-2H3. The van der Waals surface area contributed by atoms with Gasteiger partial charge < -0.3 is 5.32 Å². The first-order valence-corrected chi connectivity index (χ1v) is 8.66. The Kier molecular flexibility index (Phi) is 5.88. The fourth-order valence-electron chi connectivity index (χ4n) is 1.73. The molecule has 1 aromatic carbocycles. The zero-order valence-corrected chi connectivity index (χ0v) is 13.1. The molecule has 0 aliphatic heterocycles. The van der Waals surface area contributed by atoms with E-state index >= 15 is 0 Å². The van der Waals surface area contributed by atoms with Crippen molar-refractivity contribution >= 4 is 25.8 Å². The molecule has 19 heavy (non-hydrogen) atoms. The average molecular weight is 356 g/mol. The summed E-state index contributed by atoms with van der Waals surface area (Å²) in [5, 5.41) is 2.87. The molecule has 0 fully saturated rings. The predicted molar refractivity (Wildman–Crippen MR) is 74.8 cm³/mol. The van der Waals surface area contributed by atoms with Gasteiger partial charge in [-0.05, 0) is 41.0 Å². The van der Waals surface area contributed by atoms with Gasteiger partial charge >= 0.3 is 0 Å². The fourth-order valence-corrected chi connectivity index (χ4v) is 2.96. The van der Waals surface area contributed by atoms with Crippen LogP contribution < -0.4 is 5.32 Å². The molecule has 1 unspecified atom stereocenters. The molecule has 0 bridgehead atoms. The van der Waals surface area contributed by atoms with Crippen LogP contribution in [-0.2, 0) is 9.84 Å². The lowest BCUT2D eigenvalue weighted by Crippen LogP contribution is -2.30. The van der Waals surface area contributed by atoms with Gasteiger partial charge in [-0.2, -0.15) is 0 Å². The van der Waals surface area contributed by atoms with Crippen molar-refractivity contribution in [2.75, 3.05) is 18.6 Å². The van der Waals surface area contributed by atoms with Crippen molar-refractivity contribution < 1.29 is 17.2 Å². The Balaban J connectivity index is 3.20. The molecule has 0 radical (unpaired) electrons. The number of sulfone groups is 1. The highest BCUT2D eigenvalue weighted by Crippen LogP contribution is 2.27. The molecule has 0 saturated carbocycles. The van der Waals surface area contributed by atoms with Gasteiger partial charge in [-0.3, -0.25) is 0 Å². The molecule has 0 aliphatic carbocycles. The molecule has 3 nitrogen and oxygen atoms in total. The molecule has 1 N–H and O–H groups in total. The number of benzene rings is 1. The first kappa shape index (κ1) is 16.5. The van der Waals surface area contributed by atoms with Crippen molar-refractivity contribution in [3.8, 4) is 0 Å². The highest BCUT2D eigenvalue weighted by atomic mass is 79.9. The molecule has 1 atom stereocenters. The van der Waals surface area contributed by atoms with Crippen LogP contribution in [0.2, 0.25) is 0 Å². The van der Waals surface area contributed by atoms with Gasteiger partial charge in [0.25, 0.3) is 0 Å². The summed E-state index contributed by atoms with van der Waals surface area (Å²) in [5.41, 5.74) is -0.242. The second-order valence-corrected chi connectivity index (χ2v) is 7.40. The highest BCUT2D eigenvalue weighted by molar-refractivity contribution is 9.10. The molecule has 0 spiro atoms. The lowest BCUT2D eigenvalue weighted by molar-refractivity contribution is 0.482. The molecule has 1 aromatic rings. The summed E-state index contributed by atoms with van der Waals surface area (Å²) in [4.78, 5) is 0. The first-order chi connectivity index (χ1) is 8.76. The van der Waals surface area contributed by atoms with E-state index in [-0.39, 0.29) is 15.8 Å². The maximum Gasteiger partial charge on any atom is 0.149 e. The third-order valence-corrected chi connectivity index (χ3v) is 4.09. The zero-order chi connectivity index (χ0) is 14.6. The van der Waals surface area contributed by atoms with Gasteiger partial charge in [0.15, 0.2) is 0 Å². The Bertz CT molecular complexity index is 549. The number of halogens is 3. The van der Waals surface area contributed by atoms with E-state index in [0.29, 0.717) is 6.54 Å². The monoisotopic (exact) mass is 355 g/mol. The summed E-state index contributed by atoms with van der Waals surface area (Å²) >= 11 is 2.98. The fraction of sp³-hybridized carbons (Fsp3) is 0.500. The van der Waals surface area contributed by atoms with E-state index in [1.165, 1.54) is 6.07 Å². The highest BCUT2D eigenvalue weighted by Gasteiger charge is 2.24. The molecular formula is C12H16BrF2NO2S. The second-order valence-electron chi connectivity index (χ2n) is 4.36. The average Bonchev–Trinajstić information content (AvgIpc) is 2.29. The molecule has 0 aromatic heterocycles. The molecule has 0 saturated heterocycles. The number of hydrogen-bond donors (Lipinski definition) is 1. The Morgan fingerprint density at radius 2 is 2.00 bits per heavy atom. The summed E-state index contributed by atoms with van der Waals surface area (Å²) in [6.07, 6.45) is 1.78. The number of rotatable bonds is 6. The summed E-state index contributed by atoms with van der Waals surface area (Å²) in [5.74, 6) is -1.87. The molecule has 0 aliphatic rings. The van der Waals surface area contributed by atoms with Crippen LogP contribution in [0.25, 0.3) is 0 Å². The van der Waals surface area contributed by atoms with Crippen LogP contribution in [0.5, 0.6) is 0 Å². The quantitative estimate of drug-likeness (QED) is 0.798. The van der Waals surface area contributed by atoms with Crippen LogP contribution in [0, 0.1) is 11.6 Å². The van der Waals surface area contributed by atoms with Gasteiger partial charge in [-0.25, -0.2) is 17.2 Å². The van der Waals surface area contributed by atoms with Crippen molar-refractivity contribution in [2.24, 2.45) is 0 Å². The Hall–Kier alpha value is -0.530. The van der Waals surface area contributed by atoms with Gasteiger partial charge in [0, 0.05) is 11.8 Å². The predicted octanol–water partition coefficient (Wildman–Crippen LogP) is 2.81. The van der Waals surface area contributed by atoms with E-state index in [1.807, 2.05) is 6.92 Å². The summed E-state index contributed by atoms with van der Waals surface area (Å²) in [6, 6.07) is 1.48. The van der Waals surface area contributed by atoms with Crippen molar-refractivity contribution in [2.45, 2.75) is 19.4 Å². The van der Waals surface area contributed by atoms with E-state index in [4.69, 9.17) is 0 Å². The maximum absolute atomic E-state index is 14.0. The van der Waals surface area contributed by atoms with E-state index in [9.17, 15) is 17.2 Å². The van der Waals surface area contributed by atoms with Crippen LogP contribution >= 0.6 is 15.9 Å². The van der Waals surface area contributed by atoms with Crippen LogP contribution in [0.4, 0.5) is 8.78 Å². The number of hydrogen-bond acceptors (Lipinski definition) is 3. The van der Waals surface area contributed by atoms with Crippen LogP contribution in [-0.4, -0.2) is 27.0 Å². The minimum absolute atomic E-state index is 0.112. The lowest BCUT2D eigenvalue weighted by Gasteiger charge is -2.19. The van der Waals surface area contributed by atoms with Gasteiger partial charge in [0.2, 0.25) is 0 Å². The summed E-state index contributed by atoms with van der Waals surface area (Å²) in [7, 11) is -3.36. The third-order valence-electron chi connectivity index (χ3n) is 2.54. The van der Waals surface area contributed by atoms with Crippen molar-refractivity contribution in [1.82, 2.24) is 5.32 Å². The Morgan fingerprint density at radius 3 is 2.53 bits per heavy atom. The molecule has 0 amide bonds. The van der Waals surface area contributed by atoms with Gasteiger partial charge in [-0.1, -0.05) is 6.92 Å². The van der Waals surface area contributed by atoms with Crippen molar-refractivity contribution in [3.05, 3.63) is 33.8 Å². The third kappa shape index (κ3) is 4.81. The van der Waals surface area contributed by atoms with E-state index in [0.717, 1.165) is 18.7 Å². The Morgan fingerprint density at radius 1 is 1.37 bits per heavy atom. The van der Waals surface area contributed by atoms with Crippen molar-refractivity contribution in [1.29, 1.82) is 0 Å². The van der Waals surface area contributed by atoms with E-state index < -0.39 is 27.5 Å². The lowest BCUT2D eigenvalue weighted by atomic mass is 10.1. The van der Waals surface area contributed by atoms with E-state index in [2.05, 4.69) is 21.2 Å². The minimum Gasteiger partial charge on any atom is -0.309 e. The molecule has 1 rings (SSSR count). The molecule has 108 valence electrons. The summed E-state index contributed by atoms with van der Waals surface area (Å²) in [6.45, 7) is 2.36. The smallest absolute Gasteiger partial charge is 0.149 e. The van der Waals surface area contributed by atoms with Crippen LogP contribution in [0.15, 0.2) is 16.6 Å². The van der Waals surface area contributed by atoms with Crippen molar-refractivity contribution in [3.63, 3.8) is 0 Å². The maximum atomic E-state index is 14.0. The van der Waals surface area contributed by atoms with Gasteiger partial charge in [0.05, 0.1) is 16.3 Å². The van der Waals surface area contributed by atoms with Gasteiger partial charge in [-0.15, -0.1) is 0 Å². The molecular weight excluding hydrogens is 340 g/mol.